The molecule has 0 unspecified atom stereocenters. The molecule has 3 atom stereocenters. The Kier molecular flexibility index (Phi) is 5.38. The van der Waals surface area contributed by atoms with Crippen LogP contribution in [0, 0.1) is 5.92 Å². The monoisotopic (exact) mass is 480 g/mol. The molecule has 2 aliphatic rings. The summed E-state index contributed by atoms with van der Waals surface area (Å²) in [5, 5.41) is 13.1. The van der Waals surface area contributed by atoms with Gasteiger partial charge in [-0.1, -0.05) is 48.0 Å². The van der Waals surface area contributed by atoms with Gasteiger partial charge >= 0.3 is 5.97 Å². The molecule has 0 amide bonds. The van der Waals surface area contributed by atoms with Gasteiger partial charge in [-0.3, -0.25) is 4.72 Å². The van der Waals surface area contributed by atoms with Crippen molar-refractivity contribution in [1.29, 1.82) is 0 Å². The van der Waals surface area contributed by atoms with Crippen LogP contribution in [-0.2, 0) is 10.0 Å². The number of hydrogen-bond donors (Lipinski definition) is 3. The second-order valence-corrected chi connectivity index (χ2v) is 10.3. The summed E-state index contributed by atoms with van der Waals surface area (Å²) in [5.74, 6) is -0.702. The maximum atomic E-state index is 13.0. The first-order valence-corrected chi connectivity index (χ1v) is 12.4. The Morgan fingerprint density at radius 3 is 2.55 bits per heavy atom. The number of anilines is 2. The number of hydrogen-bond acceptors (Lipinski definition) is 4. The summed E-state index contributed by atoms with van der Waals surface area (Å²) in [7, 11) is -3.82. The van der Waals surface area contributed by atoms with Gasteiger partial charge in [0.25, 0.3) is 10.0 Å². The summed E-state index contributed by atoms with van der Waals surface area (Å²) in [6, 6.07) is 18.7. The molecule has 0 saturated carbocycles. The molecule has 6 nitrogen and oxygen atoms in total. The van der Waals surface area contributed by atoms with Gasteiger partial charge in [0.05, 0.1) is 27.2 Å². The average Bonchev–Trinajstić information content (AvgIpc) is 3.30. The number of carboxylic acid groups (broad SMARTS) is 1. The first kappa shape index (κ1) is 21.6. The van der Waals surface area contributed by atoms with Crippen LogP contribution in [0.1, 0.15) is 39.9 Å². The van der Waals surface area contributed by atoms with Crippen LogP contribution in [-0.4, -0.2) is 19.5 Å². The summed E-state index contributed by atoms with van der Waals surface area (Å²) < 4.78 is 28.7. The van der Waals surface area contributed by atoms with Gasteiger partial charge in [-0.2, -0.15) is 0 Å². The van der Waals surface area contributed by atoms with E-state index in [1.165, 1.54) is 0 Å². The molecule has 0 spiro atoms. The summed E-state index contributed by atoms with van der Waals surface area (Å²) >= 11 is 6.13. The number of para-hydroxylation sites is 1. The summed E-state index contributed by atoms with van der Waals surface area (Å²) in [5.41, 5.74) is 3.37. The fourth-order valence-corrected chi connectivity index (χ4v) is 6.00. The Morgan fingerprint density at radius 1 is 1.06 bits per heavy atom. The van der Waals surface area contributed by atoms with E-state index in [0.717, 1.165) is 23.2 Å². The number of benzene rings is 3. The first-order valence-electron chi connectivity index (χ1n) is 10.5. The number of nitrogens with one attached hydrogen (secondary N) is 2. The van der Waals surface area contributed by atoms with Crippen molar-refractivity contribution < 1.29 is 18.3 Å². The largest absolute Gasteiger partial charge is 0.478 e. The molecule has 5 rings (SSSR count). The van der Waals surface area contributed by atoms with Crippen molar-refractivity contribution in [2.75, 3.05) is 10.0 Å². The van der Waals surface area contributed by atoms with Gasteiger partial charge in [-0.05, 0) is 65.9 Å². The van der Waals surface area contributed by atoms with E-state index in [1.54, 1.807) is 54.6 Å². The predicted octanol–water partition coefficient (Wildman–Crippen LogP) is 5.67. The number of aromatic carboxylic acids is 1. The maximum Gasteiger partial charge on any atom is 0.335 e. The fraction of sp³-hybridized carbons (Fsp3) is 0.160. The lowest BCUT2D eigenvalue weighted by Crippen LogP contribution is -2.29. The Hall–Kier alpha value is -3.29. The van der Waals surface area contributed by atoms with Crippen LogP contribution < -0.4 is 10.0 Å². The molecule has 3 N–H and O–H groups in total. The van der Waals surface area contributed by atoms with Gasteiger partial charge in [0, 0.05) is 11.6 Å². The summed E-state index contributed by atoms with van der Waals surface area (Å²) in [6.07, 6.45) is 5.09. The van der Waals surface area contributed by atoms with E-state index in [9.17, 15) is 18.3 Å². The standard InChI is InChI=1S/C25H21ClN2O4S/c26-21-6-1-2-7-23(21)28-33(31,32)17-12-13-22-20(14-17)18-4-3-5-19(18)24(27-22)15-8-10-16(11-9-15)25(29)30/h1-4,6-14,18-19,24,27-28H,5H2,(H,29,30)/t18-,19+,24+/m0/s1. The van der Waals surface area contributed by atoms with E-state index in [2.05, 4.69) is 22.2 Å². The van der Waals surface area contributed by atoms with E-state index in [1.807, 2.05) is 12.1 Å². The number of allylic oxidation sites excluding steroid dienone is 2. The van der Waals surface area contributed by atoms with Gasteiger partial charge in [-0.25, -0.2) is 13.2 Å². The van der Waals surface area contributed by atoms with E-state index >= 15 is 0 Å². The van der Waals surface area contributed by atoms with E-state index in [4.69, 9.17) is 11.6 Å². The molecular weight excluding hydrogens is 460 g/mol. The fourth-order valence-electron chi connectivity index (χ4n) is 4.65. The molecule has 3 aromatic rings. The van der Waals surface area contributed by atoms with Crippen molar-refractivity contribution in [2.45, 2.75) is 23.3 Å². The van der Waals surface area contributed by atoms with Crippen molar-refractivity contribution in [1.82, 2.24) is 0 Å². The lowest BCUT2D eigenvalue weighted by Gasteiger charge is -2.37. The SMILES string of the molecule is O=C(O)c1ccc([C@H]2Nc3ccc(S(=O)(=O)Nc4ccccc4Cl)cc3[C@H]3C=CC[C@H]32)cc1. The van der Waals surface area contributed by atoms with Crippen LogP contribution in [0.4, 0.5) is 11.4 Å². The minimum Gasteiger partial charge on any atom is -0.478 e. The number of carboxylic acids is 1. The molecule has 1 aliphatic carbocycles. The first-order chi connectivity index (χ1) is 15.8. The van der Waals surface area contributed by atoms with Crippen molar-refractivity contribution in [3.8, 4) is 0 Å². The zero-order valence-corrected chi connectivity index (χ0v) is 19.0. The highest BCUT2D eigenvalue weighted by atomic mass is 35.5. The highest BCUT2D eigenvalue weighted by Crippen LogP contribution is 2.50. The Morgan fingerprint density at radius 2 is 1.82 bits per heavy atom. The maximum absolute atomic E-state index is 13.0. The van der Waals surface area contributed by atoms with Gasteiger partial charge in [-0.15, -0.1) is 0 Å². The molecule has 168 valence electrons. The lowest BCUT2D eigenvalue weighted by atomic mass is 9.77. The summed E-state index contributed by atoms with van der Waals surface area (Å²) in [4.78, 5) is 11.4. The lowest BCUT2D eigenvalue weighted by molar-refractivity contribution is 0.0697. The smallest absolute Gasteiger partial charge is 0.335 e. The van der Waals surface area contributed by atoms with Crippen LogP contribution in [0.2, 0.25) is 5.02 Å². The third kappa shape index (κ3) is 3.98. The minimum absolute atomic E-state index is 0.0101. The van der Waals surface area contributed by atoms with Gasteiger partial charge in [0.1, 0.15) is 0 Å². The molecule has 3 aromatic carbocycles. The van der Waals surface area contributed by atoms with Crippen molar-refractivity contribution >= 4 is 39.0 Å². The number of fused-ring (bicyclic) bond motifs is 3. The van der Waals surface area contributed by atoms with Crippen LogP contribution in [0.15, 0.2) is 83.8 Å². The number of carbonyl (C=O) groups is 1. The average molecular weight is 481 g/mol. The van der Waals surface area contributed by atoms with Crippen molar-refractivity contribution in [3.05, 3.63) is 101 Å². The third-order valence-corrected chi connectivity index (χ3v) is 7.97. The van der Waals surface area contributed by atoms with E-state index in [0.29, 0.717) is 10.7 Å². The highest BCUT2D eigenvalue weighted by molar-refractivity contribution is 7.92. The molecule has 0 bridgehead atoms. The minimum atomic E-state index is -3.82. The molecule has 0 aromatic heterocycles. The molecular formula is C25H21ClN2O4S. The Balaban J connectivity index is 1.47. The Bertz CT molecular complexity index is 1370. The second kappa shape index (κ2) is 8.24. The molecule has 8 heteroatoms. The highest BCUT2D eigenvalue weighted by Gasteiger charge is 2.38. The van der Waals surface area contributed by atoms with Crippen molar-refractivity contribution in [3.63, 3.8) is 0 Å². The van der Waals surface area contributed by atoms with Crippen LogP contribution >= 0.6 is 11.6 Å². The van der Waals surface area contributed by atoms with Gasteiger partial charge in [0.15, 0.2) is 0 Å². The molecule has 0 saturated heterocycles. The molecule has 1 aliphatic heterocycles. The quantitative estimate of drug-likeness (QED) is 0.409. The van der Waals surface area contributed by atoms with E-state index < -0.39 is 16.0 Å². The normalized spacial score (nSPS) is 21.1. The zero-order valence-electron chi connectivity index (χ0n) is 17.4. The van der Waals surface area contributed by atoms with Gasteiger partial charge < -0.3 is 10.4 Å². The molecule has 0 fully saturated rings. The molecule has 33 heavy (non-hydrogen) atoms. The van der Waals surface area contributed by atoms with Crippen molar-refractivity contribution in [2.24, 2.45) is 5.92 Å². The van der Waals surface area contributed by atoms with Crippen LogP contribution in [0.25, 0.3) is 0 Å². The third-order valence-electron chi connectivity index (χ3n) is 6.28. The predicted molar refractivity (Wildman–Crippen MR) is 128 cm³/mol. The van der Waals surface area contributed by atoms with E-state index in [-0.39, 0.29) is 28.3 Å². The Labute approximate surface area is 197 Å². The number of sulfonamides is 1. The second-order valence-electron chi connectivity index (χ2n) is 8.24. The number of halogens is 1. The van der Waals surface area contributed by atoms with Crippen LogP contribution in [0.5, 0.6) is 0 Å². The number of rotatable bonds is 5. The topological polar surface area (TPSA) is 95.5 Å². The zero-order chi connectivity index (χ0) is 23.2. The van der Waals surface area contributed by atoms with Gasteiger partial charge in [0.2, 0.25) is 0 Å². The molecule has 0 radical (unpaired) electrons. The molecule has 1 heterocycles. The summed E-state index contributed by atoms with van der Waals surface area (Å²) in [6.45, 7) is 0. The van der Waals surface area contributed by atoms with Crippen LogP contribution in [0.3, 0.4) is 0 Å².